The minimum atomic E-state index is -0.284. The topological polar surface area (TPSA) is 61.9 Å². The Bertz CT molecular complexity index is 904. The number of hydrogen-bond donors (Lipinski definition) is 1. The van der Waals surface area contributed by atoms with Gasteiger partial charge in [0.25, 0.3) is 0 Å². The summed E-state index contributed by atoms with van der Waals surface area (Å²) in [6.07, 6.45) is 3.41. The molecule has 4 rings (SSSR count). The molecule has 1 atom stereocenters. The highest BCUT2D eigenvalue weighted by Crippen LogP contribution is 2.33. The van der Waals surface area contributed by atoms with Crippen molar-refractivity contribution in [1.29, 1.82) is 0 Å². The molecular weight excluding hydrogens is 295 g/mol. The van der Waals surface area contributed by atoms with Crippen LogP contribution in [0.15, 0.2) is 24.5 Å². The van der Waals surface area contributed by atoms with Crippen LogP contribution in [-0.4, -0.2) is 33.8 Å². The predicted molar refractivity (Wildman–Crippen MR) is 87.0 cm³/mol. The van der Waals surface area contributed by atoms with E-state index in [0.29, 0.717) is 17.7 Å². The highest BCUT2D eigenvalue weighted by Gasteiger charge is 2.26. The van der Waals surface area contributed by atoms with E-state index in [1.807, 2.05) is 0 Å². The Morgan fingerprint density at radius 2 is 2.26 bits per heavy atom. The Kier molecular flexibility index (Phi) is 3.25. The molecule has 0 saturated carbocycles. The Hall–Kier alpha value is -2.50. The third-order valence-corrected chi connectivity index (χ3v) is 4.63. The summed E-state index contributed by atoms with van der Waals surface area (Å²) in [6, 6.07) is 4.67. The number of Topliss-reactive ketones (excluding diaryl/α,β-unsaturated/α-hetero) is 1. The van der Waals surface area contributed by atoms with Gasteiger partial charge < -0.3 is 9.88 Å². The van der Waals surface area contributed by atoms with Gasteiger partial charge in [0.2, 0.25) is 0 Å². The number of ketones is 1. The van der Waals surface area contributed by atoms with E-state index in [9.17, 15) is 9.18 Å². The first-order valence-corrected chi connectivity index (χ1v) is 7.81. The normalized spacial score (nSPS) is 18.7. The van der Waals surface area contributed by atoms with E-state index in [-0.39, 0.29) is 17.5 Å². The molecule has 118 valence electrons. The fourth-order valence-electron chi connectivity index (χ4n) is 3.43. The number of nitrogens with zero attached hydrogens (tertiary/aromatic N) is 3. The summed E-state index contributed by atoms with van der Waals surface area (Å²) in [4.78, 5) is 25.8. The molecule has 0 bridgehead atoms. The summed E-state index contributed by atoms with van der Waals surface area (Å²) in [5, 5.41) is 1.80. The molecular formula is C17H17FN4O. The van der Waals surface area contributed by atoms with Gasteiger partial charge in [-0.1, -0.05) is 0 Å². The van der Waals surface area contributed by atoms with Gasteiger partial charge >= 0.3 is 0 Å². The molecule has 6 heteroatoms. The lowest BCUT2D eigenvalue weighted by atomic mass is 9.94. The van der Waals surface area contributed by atoms with Crippen molar-refractivity contribution in [2.45, 2.75) is 19.8 Å². The quantitative estimate of drug-likeness (QED) is 0.790. The summed E-state index contributed by atoms with van der Waals surface area (Å²) in [5.41, 5.74) is 1.41. The zero-order valence-corrected chi connectivity index (χ0v) is 12.8. The van der Waals surface area contributed by atoms with Crippen molar-refractivity contribution in [3.8, 4) is 0 Å². The average molecular weight is 312 g/mol. The smallest absolute Gasteiger partial charge is 0.143 e. The highest BCUT2D eigenvalue weighted by atomic mass is 19.1. The number of halogens is 1. The second-order valence-electron chi connectivity index (χ2n) is 6.13. The van der Waals surface area contributed by atoms with Crippen molar-refractivity contribution in [3.05, 3.63) is 30.3 Å². The van der Waals surface area contributed by atoms with Crippen LogP contribution < -0.4 is 4.90 Å². The van der Waals surface area contributed by atoms with Crippen LogP contribution in [-0.2, 0) is 4.79 Å². The third kappa shape index (κ3) is 2.34. The molecule has 23 heavy (non-hydrogen) atoms. The first-order valence-electron chi connectivity index (χ1n) is 7.81. The van der Waals surface area contributed by atoms with Gasteiger partial charge in [0.05, 0.1) is 10.9 Å². The Morgan fingerprint density at radius 1 is 1.39 bits per heavy atom. The largest absolute Gasteiger partial charge is 0.355 e. The molecule has 3 aromatic rings. The van der Waals surface area contributed by atoms with E-state index in [1.165, 1.54) is 18.5 Å². The molecule has 2 aromatic heterocycles. The van der Waals surface area contributed by atoms with Crippen LogP contribution in [0.25, 0.3) is 21.9 Å². The number of aromatic amines is 1. The number of rotatable bonds is 2. The van der Waals surface area contributed by atoms with E-state index < -0.39 is 0 Å². The van der Waals surface area contributed by atoms with Crippen molar-refractivity contribution in [2.75, 3.05) is 18.0 Å². The SMILES string of the molecule is CC(=O)C1CCCN(c2ncnc3[nH]c4cc(F)ccc4c23)C1. The number of H-pyrrole nitrogens is 1. The molecule has 0 radical (unpaired) electrons. The number of aromatic nitrogens is 3. The van der Waals surface area contributed by atoms with Gasteiger partial charge in [-0.05, 0) is 38.0 Å². The van der Waals surface area contributed by atoms with E-state index in [0.717, 1.165) is 36.0 Å². The average Bonchev–Trinajstić information content (AvgIpc) is 2.92. The fraction of sp³-hybridized carbons (Fsp3) is 0.353. The van der Waals surface area contributed by atoms with Crippen LogP contribution in [0.5, 0.6) is 0 Å². The Balaban J connectivity index is 1.86. The summed E-state index contributed by atoms with van der Waals surface area (Å²) in [5.74, 6) is 0.810. The zero-order valence-electron chi connectivity index (χ0n) is 12.8. The van der Waals surface area contributed by atoms with Crippen LogP contribution in [0, 0.1) is 11.7 Å². The maximum atomic E-state index is 13.5. The number of nitrogens with one attached hydrogen (secondary N) is 1. The van der Waals surface area contributed by atoms with Gasteiger partial charge in [0.15, 0.2) is 0 Å². The molecule has 0 aliphatic carbocycles. The van der Waals surface area contributed by atoms with E-state index in [1.54, 1.807) is 13.0 Å². The van der Waals surface area contributed by atoms with Crippen LogP contribution in [0.4, 0.5) is 10.2 Å². The number of carbonyl (C=O) groups is 1. The van der Waals surface area contributed by atoms with Crippen LogP contribution in [0.3, 0.4) is 0 Å². The summed E-state index contributed by atoms with van der Waals surface area (Å²) in [7, 11) is 0. The van der Waals surface area contributed by atoms with Crippen LogP contribution in [0.2, 0.25) is 0 Å². The first kappa shape index (κ1) is 14.1. The van der Waals surface area contributed by atoms with Gasteiger partial charge in [0, 0.05) is 24.4 Å². The maximum Gasteiger partial charge on any atom is 0.143 e. The number of piperidine rings is 1. The molecule has 1 aliphatic rings. The molecule has 1 N–H and O–H groups in total. The summed E-state index contributed by atoms with van der Waals surface area (Å²) < 4.78 is 13.5. The van der Waals surface area contributed by atoms with Crippen molar-refractivity contribution >= 4 is 33.5 Å². The maximum absolute atomic E-state index is 13.5. The molecule has 1 saturated heterocycles. The standard InChI is InChI=1S/C17H17FN4O/c1-10(23)11-3-2-6-22(8-11)17-15-13-5-4-12(18)7-14(13)21-16(15)19-9-20-17/h4-5,7,9,11H,2-3,6,8H2,1H3,(H,19,20,21). The Morgan fingerprint density at radius 3 is 3.09 bits per heavy atom. The van der Waals surface area contributed by atoms with Crippen molar-refractivity contribution in [2.24, 2.45) is 5.92 Å². The van der Waals surface area contributed by atoms with Gasteiger partial charge in [0.1, 0.15) is 29.4 Å². The zero-order chi connectivity index (χ0) is 16.0. The molecule has 1 aliphatic heterocycles. The second kappa shape index (κ2) is 5.30. The summed E-state index contributed by atoms with van der Waals surface area (Å²) in [6.45, 7) is 3.19. The van der Waals surface area contributed by atoms with Crippen LogP contribution >= 0.6 is 0 Å². The first-order chi connectivity index (χ1) is 11.1. The second-order valence-corrected chi connectivity index (χ2v) is 6.13. The minimum Gasteiger partial charge on any atom is -0.355 e. The molecule has 0 amide bonds. The molecule has 3 heterocycles. The molecule has 1 unspecified atom stereocenters. The van der Waals surface area contributed by atoms with Crippen molar-refractivity contribution < 1.29 is 9.18 Å². The lowest BCUT2D eigenvalue weighted by molar-refractivity contribution is -0.120. The monoisotopic (exact) mass is 312 g/mol. The van der Waals surface area contributed by atoms with E-state index in [2.05, 4.69) is 19.9 Å². The van der Waals surface area contributed by atoms with Crippen molar-refractivity contribution in [3.63, 3.8) is 0 Å². The van der Waals surface area contributed by atoms with Gasteiger partial charge in [-0.25, -0.2) is 14.4 Å². The molecule has 1 aromatic carbocycles. The lowest BCUT2D eigenvalue weighted by Crippen LogP contribution is -2.38. The molecule has 5 nitrogen and oxygen atoms in total. The summed E-state index contributed by atoms with van der Waals surface area (Å²) >= 11 is 0. The van der Waals surface area contributed by atoms with E-state index in [4.69, 9.17) is 0 Å². The number of fused-ring (bicyclic) bond motifs is 3. The molecule has 1 fully saturated rings. The number of benzene rings is 1. The third-order valence-electron chi connectivity index (χ3n) is 4.63. The fourth-order valence-corrected chi connectivity index (χ4v) is 3.43. The van der Waals surface area contributed by atoms with Crippen LogP contribution in [0.1, 0.15) is 19.8 Å². The highest BCUT2D eigenvalue weighted by molar-refractivity contribution is 6.11. The predicted octanol–water partition coefficient (Wildman–Crippen LogP) is 3.06. The minimum absolute atomic E-state index is 0.0522. The van der Waals surface area contributed by atoms with Gasteiger partial charge in [-0.15, -0.1) is 0 Å². The lowest BCUT2D eigenvalue weighted by Gasteiger charge is -2.32. The number of carbonyl (C=O) groups excluding carboxylic acids is 1. The van der Waals surface area contributed by atoms with E-state index >= 15 is 0 Å². The van der Waals surface area contributed by atoms with Gasteiger partial charge in [-0.3, -0.25) is 4.79 Å². The molecule has 0 spiro atoms. The Labute approximate surface area is 132 Å². The van der Waals surface area contributed by atoms with Crippen molar-refractivity contribution in [1.82, 2.24) is 15.0 Å². The number of hydrogen-bond acceptors (Lipinski definition) is 4. The van der Waals surface area contributed by atoms with Gasteiger partial charge in [-0.2, -0.15) is 0 Å². The number of anilines is 1.